The number of hydrogen-bond acceptors (Lipinski definition) is 5. The topological polar surface area (TPSA) is 62.7 Å². The highest BCUT2D eigenvalue weighted by atomic mass is 16.5. The highest BCUT2D eigenvalue weighted by molar-refractivity contribution is 5.99. The second-order valence-electron chi connectivity index (χ2n) is 8.58. The maximum Gasteiger partial charge on any atom is 0.272 e. The molecule has 6 nitrogen and oxygen atoms in total. The van der Waals surface area contributed by atoms with Crippen LogP contribution in [0, 0.1) is 5.92 Å². The number of likely N-dealkylation sites (tertiary alicyclic amines) is 2. The maximum atomic E-state index is 12.7. The van der Waals surface area contributed by atoms with E-state index in [4.69, 9.17) is 4.74 Å². The lowest BCUT2D eigenvalue weighted by molar-refractivity contribution is 0.0612. The molecular formula is C24H27N3O3. The average Bonchev–Trinajstić information content (AvgIpc) is 3.46. The van der Waals surface area contributed by atoms with Crippen molar-refractivity contribution < 1.29 is 14.3 Å². The number of piperazine rings is 1. The van der Waals surface area contributed by atoms with Gasteiger partial charge in [-0.3, -0.25) is 19.5 Å². The molecule has 0 unspecified atom stereocenters. The summed E-state index contributed by atoms with van der Waals surface area (Å²) in [4.78, 5) is 33.4. The minimum absolute atomic E-state index is 0.0506. The molecule has 2 aromatic rings. The van der Waals surface area contributed by atoms with Gasteiger partial charge in [0.05, 0.1) is 6.61 Å². The van der Waals surface area contributed by atoms with Crippen LogP contribution in [0.1, 0.15) is 46.5 Å². The fourth-order valence-corrected chi connectivity index (χ4v) is 4.66. The van der Waals surface area contributed by atoms with Gasteiger partial charge < -0.3 is 9.64 Å². The summed E-state index contributed by atoms with van der Waals surface area (Å²) in [6.45, 7) is 3.35. The van der Waals surface area contributed by atoms with E-state index >= 15 is 0 Å². The van der Waals surface area contributed by atoms with E-state index in [0.717, 1.165) is 56.6 Å². The average molecular weight is 405 g/mol. The van der Waals surface area contributed by atoms with Crippen molar-refractivity contribution in [3.05, 3.63) is 59.9 Å². The summed E-state index contributed by atoms with van der Waals surface area (Å²) in [6, 6.07) is 13.8. The van der Waals surface area contributed by atoms with Crippen molar-refractivity contribution in [2.45, 2.75) is 37.8 Å². The summed E-state index contributed by atoms with van der Waals surface area (Å²) in [5, 5.41) is 0. The van der Waals surface area contributed by atoms with Crippen molar-refractivity contribution in [1.29, 1.82) is 0 Å². The number of hydrogen-bond donors (Lipinski definition) is 0. The third kappa shape index (κ3) is 3.97. The molecule has 3 aliphatic rings. The van der Waals surface area contributed by atoms with Crippen molar-refractivity contribution in [2.24, 2.45) is 5.92 Å². The van der Waals surface area contributed by atoms with E-state index in [1.54, 1.807) is 12.3 Å². The van der Waals surface area contributed by atoms with Gasteiger partial charge in [-0.05, 0) is 62.1 Å². The van der Waals surface area contributed by atoms with Gasteiger partial charge in [-0.25, -0.2) is 0 Å². The minimum atomic E-state index is 0.0506. The zero-order valence-electron chi connectivity index (χ0n) is 17.1. The molecular weight excluding hydrogens is 378 g/mol. The number of amides is 1. The standard InChI is InChI=1S/C24H27N3O3/c28-23(17-5-6-17)18-7-9-21(10-8-18)30-13-3-12-26-15-20-14-19(26)16-27(20)24(29)22-4-1-2-11-25-22/h1-2,4,7-11,17,19-20H,3,5-6,12-16H2/t19-,20-/m0/s1. The van der Waals surface area contributed by atoms with Gasteiger partial charge in [0, 0.05) is 49.4 Å². The molecule has 1 aromatic heterocycles. The number of benzene rings is 1. The van der Waals surface area contributed by atoms with Gasteiger partial charge in [-0.2, -0.15) is 0 Å². The van der Waals surface area contributed by atoms with Crippen LogP contribution in [0.5, 0.6) is 5.75 Å². The Labute approximate surface area is 176 Å². The number of rotatable bonds is 8. The molecule has 3 heterocycles. The van der Waals surface area contributed by atoms with Gasteiger partial charge in [-0.15, -0.1) is 0 Å². The van der Waals surface area contributed by atoms with Crippen LogP contribution in [-0.2, 0) is 0 Å². The number of aromatic nitrogens is 1. The van der Waals surface area contributed by atoms with E-state index in [1.165, 1.54) is 0 Å². The molecule has 0 N–H and O–H groups in total. The fraction of sp³-hybridized carbons (Fsp3) is 0.458. The maximum absolute atomic E-state index is 12.7. The first-order valence-electron chi connectivity index (χ1n) is 10.9. The first kappa shape index (κ1) is 19.2. The van der Waals surface area contributed by atoms with E-state index in [1.807, 2.05) is 41.3 Å². The van der Waals surface area contributed by atoms with Crippen LogP contribution < -0.4 is 4.74 Å². The third-order valence-corrected chi connectivity index (χ3v) is 6.44. The molecule has 2 aliphatic heterocycles. The van der Waals surface area contributed by atoms with Gasteiger partial charge in [0.25, 0.3) is 5.91 Å². The number of nitrogens with zero attached hydrogens (tertiary/aromatic N) is 3. The lowest BCUT2D eigenvalue weighted by atomic mass is 10.1. The third-order valence-electron chi connectivity index (χ3n) is 6.44. The Bertz CT molecular complexity index is 911. The first-order chi connectivity index (χ1) is 14.7. The molecule has 1 amide bonds. The summed E-state index contributed by atoms with van der Waals surface area (Å²) in [6.07, 6.45) is 5.73. The van der Waals surface area contributed by atoms with Crippen LogP contribution in [0.15, 0.2) is 48.7 Å². The van der Waals surface area contributed by atoms with E-state index < -0.39 is 0 Å². The molecule has 6 heteroatoms. The lowest BCUT2D eigenvalue weighted by Gasteiger charge is -2.34. The Morgan fingerprint density at radius 1 is 1.03 bits per heavy atom. The van der Waals surface area contributed by atoms with Crippen molar-refractivity contribution in [1.82, 2.24) is 14.8 Å². The molecule has 1 saturated carbocycles. The largest absolute Gasteiger partial charge is 0.494 e. The van der Waals surface area contributed by atoms with E-state index in [0.29, 0.717) is 24.4 Å². The Balaban J connectivity index is 1.05. The van der Waals surface area contributed by atoms with Crippen LogP contribution in [0.2, 0.25) is 0 Å². The number of fused-ring (bicyclic) bond motifs is 2. The molecule has 2 atom stereocenters. The highest BCUT2D eigenvalue weighted by Crippen LogP contribution is 2.33. The number of carbonyl (C=O) groups excluding carboxylic acids is 2. The van der Waals surface area contributed by atoms with Crippen molar-refractivity contribution in [2.75, 3.05) is 26.2 Å². The quantitative estimate of drug-likeness (QED) is 0.499. The van der Waals surface area contributed by atoms with E-state index in [2.05, 4.69) is 9.88 Å². The first-order valence-corrected chi connectivity index (χ1v) is 10.9. The predicted molar refractivity (Wildman–Crippen MR) is 113 cm³/mol. The molecule has 156 valence electrons. The molecule has 5 rings (SSSR count). The number of Topliss-reactive ketones (excluding diaryl/α,β-unsaturated/α-hetero) is 1. The van der Waals surface area contributed by atoms with Crippen molar-refractivity contribution in [3.63, 3.8) is 0 Å². The molecule has 1 aliphatic carbocycles. The Morgan fingerprint density at radius 3 is 2.53 bits per heavy atom. The number of pyridine rings is 1. The summed E-state index contributed by atoms with van der Waals surface area (Å²) < 4.78 is 5.86. The molecule has 0 radical (unpaired) electrons. The van der Waals surface area contributed by atoms with Crippen LogP contribution in [0.25, 0.3) is 0 Å². The summed E-state index contributed by atoms with van der Waals surface area (Å²) in [5.74, 6) is 1.39. The van der Waals surface area contributed by atoms with E-state index in [-0.39, 0.29) is 17.6 Å². The zero-order valence-corrected chi connectivity index (χ0v) is 17.1. The van der Waals surface area contributed by atoms with Crippen molar-refractivity contribution >= 4 is 11.7 Å². The smallest absolute Gasteiger partial charge is 0.272 e. The molecule has 1 aromatic carbocycles. The van der Waals surface area contributed by atoms with Crippen molar-refractivity contribution in [3.8, 4) is 5.75 Å². The molecule has 0 spiro atoms. The predicted octanol–water partition coefficient (Wildman–Crippen LogP) is 3.04. The summed E-state index contributed by atoms with van der Waals surface area (Å²) >= 11 is 0. The highest BCUT2D eigenvalue weighted by Gasteiger charge is 2.45. The molecule has 3 fully saturated rings. The van der Waals surface area contributed by atoms with Crippen LogP contribution in [0.3, 0.4) is 0 Å². The number of carbonyl (C=O) groups is 2. The second-order valence-corrected chi connectivity index (χ2v) is 8.58. The van der Waals surface area contributed by atoms with Gasteiger partial charge in [-0.1, -0.05) is 6.07 Å². The lowest BCUT2D eigenvalue weighted by Crippen LogP contribution is -2.49. The van der Waals surface area contributed by atoms with Gasteiger partial charge in [0.2, 0.25) is 0 Å². The summed E-state index contributed by atoms with van der Waals surface area (Å²) in [5.41, 5.74) is 1.33. The molecule has 2 saturated heterocycles. The van der Waals surface area contributed by atoms with Gasteiger partial charge in [0.15, 0.2) is 5.78 Å². The number of ketones is 1. The van der Waals surface area contributed by atoms with Crippen LogP contribution in [-0.4, -0.2) is 64.8 Å². The zero-order chi connectivity index (χ0) is 20.5. The SMILES string of the molecule is O=C(c1ccc(OCCCN2C[C@@H]3C[C@H]2CN3C(=O)c2ccccn2)cc1)C1CC1. The molecule has 30 heavy (non-hydrogen) atoms. The minimum Gasteiger partial charge on any atom is -0.494 e. The molecule has 2 bridgehead atoms. The van der Waals surface area contributed by atoms with Gasteiger partial charge >= 0.3 is 0 Å². The van der Waals surface area contributed by atoms with Gasteiger partial charge in [0.1, 0.15) is 11.4 Å². The number of ether oxygens (including phenoxy) is 1. The summed E-state index contributed by atoms with van der Waals surface area (Å²) in [7, 11) is 0. The second kappa shape index (κ2) is 8.19. The monoisotopic (exact) mass is 405 g/mol. The Hall–Kier alpha value is -2.73. The Morgan fingerprint density at radius 2 is 1.87 bits per heavy atom. The van der Waals surface area contributed by atoms with Crippen LogP contribution in [0.4, 0.5) is 0 Å². The van der Waals surface area contributed by atoms with E-state index in [9.17, 15) is 9.59 Å². The van der Waals surface area contributed by atoms with Crippen LogP contribution >= 0.6 is 0 Å². The fourth-order valence-electron chi connectivity index (χ4n) is 4.66. The normalized spacial score (nSPS) is 23.0. The Kier molecular flexibility index (Phi) is 5.25.